The van der Waals surface area contributed by atoms with Gasteiger partial charge in [0.05, 0.1) is 11.6 Å². The Bertz CT molecular complexity index is 360. The third-order valence-electron chi connectivity index (χ3n) is 2.34. The van der Waals surface area contributed by atoms with E-state index in [2.05, 4.69) is 0 Å². The van der Waals surface area contributed by atoms with Crippen LogP contribution in [0.15, 0.2) is 23.9 Å². The molecule has 1 aliphatic carbocycles. The molecule has 0 radical (unpaired) electrons. The molecule has 0 heterocycles. The van der Waals surface area contributed by atoms with E-state index in [1.807, 2.05) is 12.2 Å². The number of ether oxygens (including phenoxy) is 1. The lowest BCUT2D eigenvalue weighted by atomic mass is 10.1. The molecule has 1 rings (SSSR count). The highest BCUT2D eigenvalue weighted by Crippen LogP contribution is 2.15. The summed E-state index contributed by atoms with van der Waals surface area (Å²) in [5, 5.41) is 1.08. The highest BCUT2D eigenvalue weighted by atomic mass is 16.8. The van der Waals surface area contributed by atoms with Crippen LogP contribution in [0.25, 0.3) is 0 Å². The van der Waals surface area contributed by atoms with Gasteiger partial charge < -0.3 is 4.74 Å². The number of hydroxylamine groups is 2. The summed E-state index contributed by atoms with van der Waals surface area (Å²) in [5.41, 5.74) is 0.656. The van der Waals surface area contributed by atoms with Crippen molar-refractivity contribution in [1.82, 2.24) is 5.06 Å². The SMILES string of the molecule is CC(C)C(=O)O[C@@H](C)ON(C=O)C1=CCCC=C1. The molecule has 0 aliphatic heterocycles. The predicted molar refractivity (Wildman–Crippen MR) is 65.8 cm³/mol. The average molecular weight is 253 g/mol. The van der Waals surface area contributed by atoms with Gasteiger partial charge in [0.2, 0.25) is 12.7 Å². The van der Waals surface area contributed by atoms with Crippen molar-refractivity contribution in [3.8, 4) is 0 Å². The summed E-state index contributed by atoms with van der Waals surface area (Å²) < 4.78 is 5.02. The van der Waals surface area contributed by atoms with Gasteiger partial charge in [-0.05, 0) is 18.9 Å². The monoisotopic (exact) mass is 253 g/mol. The third kappa shape index (κ3) is 4.33. The van der Waals surface area contributed by atoms with E-state index in [0.717, 1.165) is 17.9 Å². The number of rotatable bonds is 6. The molecular formula is C13H19NO4. The Labute approximate surface area is 107 Å². The standard InChI is InChI=1S/C13H19NO4/c1-10(2)13(16)17-11(3)18-14(9-15)12-7-5-4-6-8-12/h5,7-11H,4,6H2,1-3H3/t11-/m1/s1. The molecule has 1 aliphatic rings. The summed E-state index contributed by atoms with van der Waals surface area (Å²) in [7, 11) is 0. The second kappa shape index (κ2) is 6.96. The first kappa shape index (κ1) is 14.4. The zero-order valence-corrected chi connectivity index (χ0v) is 11.0. The first-order valence-corrected chi connectivity index (χ1v) is 6.03. The molecule has 5 heteroatoms. The van der Waals surface area contributed by atoms with Gasteiger partial charge in [-0.2, -0.15) is 5.06 Å². The predicted octanol–water partition coefficient (Wildman–Crippen LogP) is 2.16. The van der Waals surface area contributed by atoms with Gasteiger partial charge in [0.25, 0.3) is 0 Å². The van der Waals surface area contributed by atoms with Crippen LogP contribution < -0.4 is 0 Å². The van der Waals surface area contributed by atoms with Crippen LogP contribution in [0.1, 0.15) is 33.6 Å². The highest BCUT2D eigenvalue weighted by Gasteiger charge is 2.18. The van der Waals surface area contributed by atoms with Crippen molar-refractivity contribution in [3.63, 3.8) is 0 Å². The van der Waals surface area contributed by atoms with Gasteiger partial charge >= 0.3 is 5.97 Å². The first-order valence-electron chi connectivity index (χ1n) is 6.03. The van der Waals surface area contributed by atoms with E-state index in [1.165, 1.54) is 0 Å². The lowest BCUT2D eigenvalue weighted by Crippen LogP contribution is -2.30. The Morgan fingerprint density at radius 1 is 1.39 bits per heavy atom. The van der Waals surface area contributed by atoms with Crippen molar-refractivity contribution in [1.29, 1.82) is 0 Å². The number of carbonyl (C=O) groups excluding carboxylic acids is 2. The van der Waals surface area contributed by atoms with Gasteiger partial charge in [-0.15, -0.1) is 0 Å². The lowest BCUT2D eigenvalue weighted by Gasteiger charge is -2.23. The van der Waals surface area contributed by atoms with Crippen LogP contribution >= 0.6 is 0 Å². The number of allylic oxidation sites excluding steroid dienone is 3. The molecule has 5 nitrogen and oxygen atoms in total. The molecule has 0 fully saturated rings. The fourth-order valence-corrected chi connectivity index (χ4v) is 1.39. The third-order valence-corrected chi connectivity index (χ3v) is 2.34. The number of amides is 1. The molecule has 0 saturated heterocycles. The quantitative estimate of drug-likeness (QED) is 0.315. The Morgan fingerprint density at radius 2 is 2.11 bits per heavy atom. The van der Waals surface area contributed by atoms with E-state index < -0.39 is 6.29 Å². The van der Waals surface area contributed by atoms with Crippen molar-refractivity contribution in [2.45, 2.75) is 39.9 Å². The zero-order chi connectivity index (χ0) is 13.5. The maximum atomic E-state index is 11.4. The van der Waals surface area contributed by atoms with Crippen molar-refractivity contribution < 1.29 is 19.2 Å². The number of hydrogen-bond donors (Lipinski definition) is 0. The maximum absolute atomic E-state index is 11.4. The average Bonchev–Trinajstić information content (AvgIpc) is 2.36. The van der Waals surface area contributed by atoms with Gasteiger partial charge in [-0.1, -0.05) is 26.0 Å². The molecule has 0 aromatic rings. The molecular weight excluding hydrogens is 234 g/mol. The minimum absolute atomic E-state index is 0.227. The van der Waals surface area contributed by atoms with E-state index >= 15 is 0 Å². The Hall–Kier alpha value is -1.62. The molecule has 0 saturated carbocycles. The van der Waals surface area contributed by atoms with Crippen LogP contribution in [-0.2, 0) is 19.2 Å². The molecule has 18 heavy (non-hydrogen) atoms. The van der Waals surface area contributed by atoms with E-state index in [9.17, 15) is 9.59 Å². The number of hydrogen-bond acceptors (Lipinski definition) is 4. The van der Waals surface area contributed by atoms with Gasteiger partial charge in [0.15, 0.2) is 0 Å². The molecule has 0 aromatic carbocycles. The topological polar surface area (TPSA) is 55.8 Å². The van der Waals surface area contributed by atoms with Crippen LogP contribution in [0.5, 0.6) is 0 Å². The summed E-state index contributed by atoms with van der Waals surface area (Å²) in [6.07, 6.45) is 7.22. The molecule has 0 bridgehead atoms. The molecule has 100 valence electrons. The van der Waals surface area contributed by atoms with Gasteiger partial charge in [0.1, 0.15) is 0 Å². The van der Waals surface area contributed by atoms with Crippen LogP contribution in [0.4, 0.5) is 0 Å². The Morgan fingerprint density at radius 3 is 2.61 bits per heavy atom. The first-order chi connectivity index (χ1) is 8.54. The van der Waals surface area contributed by atoms with E-state index in [-0.39, 0.29) is 11.9 Å². The molecule has 0 aromatic heterocycles. The summed E-state index contributed by atoms with van der Waals surface area (Å²) in [4.78, 5) is 27.6. The van der Waals surface area contributed by atoms with Crippen LogP contribution in [0.2, 0.25) is 0 Å². The van der Waals surface area contributed by atoms with E-state index in [1.54, 1.807) is 26.8 Å². The summed E-state index contributed by atoms with van der Waals surface area (Å²) in [6.45, 7) is 5.04. The van der Waals surface area contributed by atoms with E-state index in [0.29, 0.717) is 12.1 Å². The minimum Gasteiger partial charge on any atom is -0.434 e. The molecule has 1 amide bonds. The van der Waals surface area contributed by atoms with Crippen molar-refractivity contribution in [3.05, 3.63) is 23.9 Å². The summed E-state index contributed by atoms with van der Waals surface area (Å²) in [6, 6.07) is 0. The summed E-state index contributed by atoms with van der Waals surface area (Å²) in [5.74, 6) is -0.587. The van der Waals surface area contributed by atoms with Crippen LogP contribution in [-0.4, -0.2) is 23.7 Å². The molecule has 0 unspecified atom stereocenters. The fourth-order valence-electron chi connectivity index (χ4n) is 1.39. The van der Waals surface area contributed by atoms with Gasteiger partial charge in [-0.3, -0.25) is 9.59 Å². The number of nitrogens with zero attached hydrogens (tertiary/aromatic N) is 1. The van der Waals surface area contributed by atoms with Crippen molar-refractivity contribution in [2.75, 3.05) is 0 Å². The number of esters is 1. The molecule has 0 spiro atoms. The van der Waals surface area contributed by atoms with E-state index in [4.69, 9.17) is 9.57 Å². The second-order valence-corrected chi connectivity index (χ2v) is 4.30. The maximum Gasteiger partial charge on any atom is 0.310 e. The van der Waals surface area contributed by atoms with Crippen LogP contribution in [0, 0.1) is 5.92 Å². The lowest BCUT2D eigenvalue weighted by molar-refractivity contribution is -0.240. The van der Waals surface area contributed by atoms with Gasteiger partial charge in [0, 0.05) is 6.92 Å². The van der Waals surface area contributed by atoms with Crippen molar-refractivity contribution in [2.24, 2.45) is 5.92 Å². The Balaban J connectivity index is 2.52. The normalized spacial score (nSPS) is 16.1. The Kier molecular flexibility index (Phi) is 5.58. The smallest absolute Gasteiger partial charge is 0.310 e. The highest BCUT2D eigenvalue weighted by molar-refractivity contribution is 5.71. The second-order valence-electron chi connectivity index (χ2n) is 4.30. The molecule has 1 atom stereocenters. The van der Waals surface area contributed by atoms with Crippen LogP contribution in [0.3, 0.4) is 0 Å². The number of carbonyl (C=O) groups is 2. The minimum atomic E-state index is -0.804. The van der Waals surface area contributed by atoms with Crippen molar-refractivity contribution >= 4 is 12.4 Å². The largest absolute Gasteiger partial charge is 0.434 e. The summed E-state index contributed by atoms with van der Waals surface area (Å²) >= 11 is 0. The molecule has 0 N–H and O–H groups in total. The fraction of sp³-hybridized carbons (Fsp3) is 0.538. The zero-order valence-electron chi connectivity index (χ0n) is 11.0. The van der Waals surface area contributed by atoms with Gasteiger partial charge in [-0.25, -0.2) is 4.84 Å².